The number of para-hydroxylation sites is 3. The van der Waals surface area contributed by atoms with Gasteiger partial charge in [0.05, 0.1) is 18.8 Å². The number of hydrogen-bond donors (Lipinski definition) is 0. The maximum absolute atomic E-state index is 13.1. The Labute approximate surface area is 161 Å². The molecule has 0 aromatic heterocycles. The largest absolute Gasteiger partial charge is 0.495 e. The van der Waals surface area contributed by atoms with Gasteiger partial charge in [0.2, 0.25) is 5.91 Å². The fourth-order valence-corrected chi connectivity index (χ4v) is 4.19. The lowest BCUT2D eigenvalue weighted by atomic mass is 10.1. The maximum atomic E-state index is 13.1. The zero-order valence-corrected chi connectivity index (χ0v) is 16.1. The monoisotopic (exact) mass is 365 g/mol. The molecule has 0 N–H and O–H groups in total. The van der Waals surface area contributed by atoms with Gasteiger partial charge in [-0.1, -0.05) is 30.3 Å². The standard InChI is InChI=1S/C22H27N3O2/c1-17(22(26)25-12-11-18-7-3-4-8-19(18)25)23-13-15-24(16-14-23)20-9-5-6-10-21(20)27-2/h3-10,17H,11-16H2,1-2H3. The number of methoxy groups -OCH3 is 1. The number of amides is 1. The summed E-state index contributed by atoms with van der Waals surface area (Å²) in [6, 6.07) is 16.3. The Morgan fingerprint density at radius 3 is 2.33 bits per heavy atom. The quantitative estimate of drug-likeness (QED) is 0.835. The van der Waals surface area contributed by atoms with E-state index < -0.39 is 0 Å². The van der Waals surface area contributed by atoms with Crippen molar-refractivity contribution in [2.75, 3.05) is 49.6 Å². The number of rotatable bonds is 4. The average Bonchev–Trinajstić information content (AvgIpc) is 3.17. The number of piperazine rings is 1. The van der Waals surface area contributed by atoms with Crippen molar-refractivity contribution >= 4 is 17.3 Å². The summed E-state index contributed by atoms with van der Waals surface area (Å²) in [6.07, 6.45) is 0.955. The van der Waals surface area contributed by atoms with Gasteiger partial charge in [0.1, 0.15) is 5.75 Å². The summed E-state index contributed by atoms with van der Waals surface area (Å²) >= 11 is 0. The predicted molar refractivity (Wildman–Crippen MR) is 109 cm³/mol. The Morgan fingerprint density at radius 2 is 1.59 bits per heavy atom. The number of nitrogens with zero attached hydrogens (tertiary/aromatic N) is 3. The fraction of sp³-hybridized carbons (Fsp3) is 0.409. The second-order valence-electron chi connectivity index (χ2n) is 7.24. The summed E-state index contributed by atoms with van der Waals surface area (Å²) in [5, 5.41) is 0. The SMILES string of the molecule is COc1ccccc1N1CCN(C(C)C(=O)N2CCc3ccccc32)CC1. The van der Waals surface area contributed by atoms with Crippen LogP contribution >= 0.6 is 0 Å². The van der Waals surface area contributed by atoms with Crippen molar-refractivity contribution < 1.29 is 9.53 Å². The van der Waals surface area contributed by atoms with Crippen molar-refractivity contribution in [2.45, 2.75) is 19.4 Å². The van der Waals surface area contributed by atoms with E-state index in [9.17, 15) is 4.79 Å². The van der Waals surface area contributed by atoms with Crippen LogP contribution in [-0.2, 0) is 11.2 Å². The van der Waals surface area contributed by atoms with Crippen molar-refractivity contribution in [3.05, 3.63) is 54.1 Å². The molecule has 4 rings (SSSR count). The molecule has 2 aromatic carbocycles. The molecule has 1 fully saturated rings. The first kappa shape index (κ1) is 17.9. The smallest absolute Gasteiger partial charge is 0.244 e. The van der Waals surface area contributed by atoms with Crippen molar-refractivity contribution in [3.8, 4) is 5.75 Å². The van der Waals surface area contributed by atoms with E-state index in [1.54, 1.807) is 7.11 Å². The van der Waals surface area contributed by atoms with E-state index in [0.717, 1.165) is 56.3 Å². The second-order valence-corrected chi connectivity index (χ2v) is 7.24. The van der Waals surface area contributed by atoms with Gasteiger partial charge in [-0.2, -0.15) is 0 Å². The van der Waals surface area contributed by atoms with Gasteiger partial charge >= 0.3 is 0 Å². The summed E-state index contributed by atoms with van der Waals surface area (Å²) < 4.78 is 5.50. The molecule has 5 nitrogen and oxygen atoms in total. The highest BCUT2D eigenvalue weighted by Crippen LogP contribution is 2.30. The topological polar surface area (TPSA) is 36.0 Å². The van der Waals surface area contributed by atoms with E-state index in [-0.39, 0.29) is 11.9 Å². The molecular weight excluding hydrogens is 338 g/mol. The molecule has 142 valence electrons. The van der Waals surface area contributed by atoms with E-state index in [1.165, 1.54) is 5.56 Å². The molecule has 0 saturated carbocycles. The lowest BCUT2D eigenvalue weighted by Gasteiger charge is -2.39. The lowest BCUT2D eigenvalue weighted by molar-refractivity contribution is -0.123. The summed E-state index contributed by atoms with van der Waals surface area (Å²) in [5.41, 5.74) is 3.49. The lowest BCUT2D eigenvalue weighted by Crippen LogP contribution is -2.54. The number of anilines is 2. The summed E-state index contributed by atoms with van der Waals surface area (Å²) in [7, 11) is 1.71. The molecule has 0 bridgehead atoms. The Kier molecular flexibility index (Phi) is 5.03. The van der Waals surface area contributed by atoms with Gasteiger partial charge in [0, 0.05) is 38.4 Å². The van der Waals surface area contributed by atoms with Gasteiger partial charge in [-0.25, -0.2) is 0 Å². The Balaban J connectivity index is 1.40. The summed E-state index contributed by atoms with van der Waals surface area (Å²) in [6.45, 7) is 6.38. The Morgan fingerprint density at radius 1 is 0.926 bits per heavy atom. The van der Waals surface area contributed by atoms with Crippen LogP contribution in [0.1, 0.15) is 12.5 Å². The molecule has 0 spiro atoms. The first-order valence-corrected chi connectivity index (χ1v) is 9.70. The highest BCUT2D eigenvalue weighted by Gasteiger charge is 2.32. The van der Waals surface area contributed by atoms with E-state index in [4.69, 9.17) is 4.74 Å². The molecule has 0 radical (unpaired) electrons. The van der Waals surface area contributed by atoms with Crippen molar-refractivity contribution in [2.24, 2.45) is 0 Å². The first-order valence-electron chi connectivity index (χ1n) is 9.70. The van der Waals surface area contributed by atoms with Gasteiger partial charge in [-0.05, 0) is 37.1 Å². The minimum absolute atomic E-state index is 0.101. The van der Waals surface area contributed by atoms with Gasteiger partial charge in [-0.3, -0.25) is 9.69 Å². The summed E-state index contributed by atoms with van der Waals surface area (Å²) in [4.78, 5) is 19.7. The molecule has 27 heavy (non-hydrogen) atoms. The predicted octanol–water partition coefficient (Wildman–Crippen LogP) is 2.80. The highest BCUT2D eigenvalue weighted by atomic mass is 16.5. The number of ether oxygens (including phenoxy) is 1. The minimum Gasteiger partial charge on any atom is -0.495 e. The van der Waals surface area contributed by atoms with Crippen LogP contribution in [0.5, 0.6) is 5.75 Å². The molecule has 1 saturated heterocycles. The van der Waals surface area contributed by atoms with Crippen LogP contribution in [0.3, 0.4) is 0 Å². The third kappa shape index (κ3) is 3.39. The molecule has 2 aliphatic rings. The normalized spacial score (nSPS) is 18.3. The van der Waals surface area contributed by atoms with Crippen LogP contribution in [0.2, 0.25) is 0 Å². The minimum atomic E-state index is -0.101. The molecule has 5 heteroatoms. The highest BCUT2D eigenvalue weighted by molar-refractivity contribution is 5.98. The molecule has 2 aliphatic heterocycles. The van der Waals surface area contributed by atoms with Crippen molar-refractivity contribution in [1.29, 1.82) is 0 Å². The van der Waals surface area contributed by atoms with Crippen LogP contribution in [0.15, 0.2) is 48.5 Å². The Hall–Kier alpha value is -2.53. The Bertz CT molecular complexity index is 815. The van der Waals surface area contributed by atoms with Crippen molar-refractivity contribution in [3.63, 3.8) is 0 Å². The molecule has 2 aromatic rings. The first-order chi connectivity index (χ1) is 13.2. The third-order valence-corrected chi connectivity index (χ3v) is 5.80. The number of hydrogen-bond acceptors (Lipinski definition) is 4. The van der Waals surface area contributed by atoms with Crippen LogP contribution in [0, 0.1) is 0 Å². The van der Waals surface area contributed by atoms with Crippen LogP contribution in [0.25, 0.3) is 0 Å². The van der Waals surface area contributed by atoms with E-state index in [1.807, 2.05) is 42.2 Å². The molecule has 1 amide bonds. The van der Waals surface area contributed by atoms with Gasteiger partial charge in [0.25, 0.3) is 0 Å². The zero-order valence-electron chi connectivity index (χ0n) is 16.1. The maximum Gasteiger partial charge on any atom is 0.244 e. The second kappa shape index (κ2) is 7.61. The van der Waals surface area contributed by atoms with E-state index in [0.29, 0.717) is 0 Å². The summed E-state index contributed by atoms with van der Waals surface area (Å²) in [5.74, 6) is 1.12. The number of carbonyl (C=O) groups is 1. The number of benzene rings is 2. The third-order valence-electron chi connectivity index (χ3n) is 5.80. The van der Waals surface area contributed by atoms with Gasteiger partial charge in [-0.15, -0.1) is 0 Å². The fourth-order valence-electron chi connectivity index (χ4n) is 4.19. The molecule has 1 atom stereocenters. The van der Waals surface area contributed by atoms with E-state index >= 15 is 0 Å². The van der Waals surface area contributed by atoms with Crippen LogP contribution in [0.4, 0.5) is 11.4 Å². The molecule has 2 heterocycles. The van der Waals surface area contributed by atoms with Gasteiger partial charge in [0.15, 0.2) is 0 Å². The molecule has 0 aliphatic carbocycles. The zero-order chi connectivity index (χ0) is 18.8. The van der Waals surface area contributed by atoms with Crippen LogP contribution in [-0.4, -0.2) is 56.7 Å². The molecular formula is C22H27N3O2. The van der Waals surface area contributed by atoms with Crippen molar-refractivity contribution in [1.82, 2.24) is 4.90 Å². The molecule has 1 unspecified atom stereocenters. The number of carbonyl (C=O) groups excluding carboxylic acids is 1. The number of fused-ring (bicyclic) bond motifs is 1. The average molecular weight is 365 g/mol. The van der Waals surface area contributed by atoms with Gasteiger partial charge < -0.3 is 14.5 Å². The van der Waals surface area contributed by atoms with Crippen LogP contribution < -0.4 is 14.5 Å². The van der Waals surface area contributed by atoms with E-state index in [2.05, 4.69) is 28.0 Å².